The van der Waals surface area contributed by atoms with E-state index in [-0.39, 0.29) is 17.7 Å². The molecule has 16 heavy (non-hydrogen) atoms. The minimum Gasteiger partial charge on any atom is -0.475 e. The molecule has 1 rings (SSSR count). The third kappa shape index (κ3) is 2.47. The summed E-state index contributed by atoms with van der Waals surface area (Å²) in [6.45, 7) is 1.53. The van der Waals surface area contributed by atoms with Crippen molar-refractivity contribution in [2.24, 2.45) is 0 Å². The van der Waals surface area contributed by atoms with Gasteiger partial charge in [0.2, 0.25) is 5.78 Å². The van der Waals surface area contributed by atoms with Crippen LogP contribution in [0.25, 0.3) is 0 Å². The molecule has 1 aromatic rings. The molecule has 6 nitrogen and oxygen atoms in total. The first kappa shape index (κ1) is 12.0. The number of carbonyl (C=O) groups is 3. The van der Waals surface area contributed by atoms with E-state index in [4.69, 9.17) is 9.52 Å². The van der Waals surface area contributed by atoms with Crippen molar-refractivity contribution in [2.45, 2.75) is 13.3 Å². The van der Waals surface area contributed by atoms with E-state index in [1.54, 1.807) is 0 Å². The van der Waals surface area contributed by atoms with E-state index in [0.717, 1.165) is 0 Å². The molecule has 86 valence electrons. The summed E-state index contributed by atoms with van der Waals surface area (Å²) < 4.78 is 9.56. The molecule has 0 atom stereocenters. The number of carboxylic acid groups (broad SMARTS) is 1. The SMILES string of the molecule is COC(=O)c1cc(CC(=O)C(=O)O)oc1C. The van der Waals surface area contributed by atoms with Gasteiger partial charge in [0.05, 0.1) is 13.5 Å². The first-order chi connectivity index (χ1) is 7.45. The number of esters is 1. The topological polar surface area (TPSA) is 93.8 Å². The number of carbonyl (C=O) groups excluding carboxylic acids is 2. The van der Waals surface area contributed by atoms with Gasteiger partial charge in [-0.3, -0.25) is 4.79 Å². The monoisotopic (exact) mass is 226 g/mol. The van der Waals surface area contributed by atoms with E-state index >= 15 is 0 Å². The molecule has 6 heteroatoms. The number of aliphatic carboxylic acids is 1. The summed E-state index contributed by atoms with van der Waals surface area (Å²) in [6, 6.07) is 1.31. The second kappa shape index (κ2) is 4.61. The molecule has 1 aromatic heterocycles. The van der Waals surface area contributed by atoms with Crippen LogP contribution in [0.2, 0.25) is 0 Å². The molecule has 0 spiro atoms. The molecule has 0 radical (unpaired) electrons. The number of furan rings is 1. The average molecular weight is 226 g/mol. The molecular formula is C10H10O6. The molecule has 0 aliphatic rings. The van der Waals surface area contributed by atoms with Crippen molar-refractivity contribution in [1.29, 1.82) is 0 Å². The number of ether oxygens (including phenoxy) is 1. The summed E-state index contributed by atoms with van der Waals surface area (Å²) in [5.74, 6) is -2.69. The highest BCUT2D eigenvalue weighted by molar-refractivity contribution is 6.33. The molecule has 0 aromatic carbocycles. The standard InChI is InChI=1S/C10H10O6/c1-5-7(10(14)15-2)3-6(16-5)4-8(11)9(12)13/h3H,4H2,1-2H3,(H,12,13). The minimum absolute atomic E-state index is 0.130. The third-order valence-corrected chi connectivity index (χ3v) is 1.95. The van der Waals surface area contributed by atoms with Gasteiger partial charge in [-0.2, -0.15) is 0 Å². The van der Waals surface area contributed by atoms with E-state index in [0.29, 0.717) is 5.76 Å². The fraction of sp³-hybridized carbons (Fsp3) is 0.300. The highest BCUT2D eigenvalue weighted by Gasteiger charge is 2.19. The van der Waals surface area contributed by atoms with Crippen molar-refractivity contribution < 1.29 is 28.6 Å². The molecule has 0 saturated carbocycles. The predicted molar refractivity (Wildman–Crippen MR) is 51.1 cm³/mol. The third-order valence-electron chi connectivity index (χ3n) is 1.95. The molecule has 0 aliphatic heterocycles. The van der Waals surface area contributed by atoms with Gasteiger partial charge < -0.3 is 14.3 Å². The second-order valence-corrected chi connectivity index (χ2v) is 3.08. The Kier molecular flexibility index (Phi) is 3.44. The molecule has 0 aliphatic carbocycles. The number of carboxylic acids is 1. The Morgan fingerprint density at radius 3 is 2.56 bits per heavy atom. The van der Waals surface area contributed by atoms with Gasteiger partial charge in [-0.25, -0.2) is 9.59 Å². The molecule has 0 amide bonds. The Bertz CT molecular complexity index is 442. The zero-order valence-corrected chi connectivity index (χ0v) is 8.77. The van der Waals surface area contributed by atoms with Gasteiger partial charge in [0.1, 0.15) is 17.1 Å². The van der Waals surface area contributed by atoms with Crippen LogP contribution in [0.15, 0.2) is 10.5 Å². The molecule has 0 unspecified atom stereocenters. The zero-order valence-electron chi connectivity index (χ0n) is 8.77. The van der Waals surface area contributed by atoms with Gasteiger partial charge in [-0.1, -0.05) is 0 Å². The number of aryl methyl sites for hydroxylation is 1. The van der Waals surface area contributed by atoms with Crippen molar-refractivity contribution in [1.82, 2.24) is 0 Å². The molecule has 0 fully saturated rings. The number of hydrogen-bond acceptors (Lipinski definition) is 5. The van der Waals surface area contributed by atoms with Crippen LogP contribution >= 0.6 is 0 Å². The number of hydrogen-bond donors (Lipinski definition) is 1. The van der Waals surface area contributed by atoms with Crippen molar-refractivity contribution >= 4 is 17.7 Å². The van der Waals surface area contributed by atoms with Crippen LogP contribution in [0.1, 0.15) is 21.9 Å². The molecule has 0 saturated heterocycles. The van der Waals surface area contributed by atoms with Crippen LogP contribution in [0.3, 0.4) is 0 Å². The lowest BCUT2D eigenvalue weighted by Gasteiger charge is -1.93. The highest BCUT2D eigenvalue weighted by Crippen LogP contribution is 2.16. The Hall–Kier alpha value is -2.11. The van der Waals surface area contributed by atoms with Gasteiger partial charge in [0.15, 0.2) is 0 Å². The zero-order chi connectivity index (χ0) is 12.3. The first-order valence-electron chi connectivity index (χ1n) is 4.39. The van der Waals surface area contributed by atoms with Crippen LogP contribution in [-0.2, 0) is 20.7 Å². The van der Waals surface area contributed by atoms with Gasteiger partial charge >= 0.3 is 11.9 Å². The number of ketones is 1. The maximum atomic E-state index is 11.2. The summed E-state index contributed by atoms with van der Waals surface area (Å²) in [7, 11) is 1.22. The first-order valence-corrected chi connectivity index (χ1v) is 4.39. The van der Waals surface area contributed by atoms with E-state index in [9.17, 15) is 14.4 Å². The maximum Gasteiger partial charge on any atom is 0.372 e. The second-order valence-electron chi connectivity index (χ2n) is 3.08. The van der Waals surface area contributed by atoms with Crippen molar-refractivity contribution in [3.63, 3.8) is 0 Å². The van der Waals surface area contributed by atoms with E-state index < -0.39 is 17.7 Å². The smallest absolute Gasteiger partial charge is 0.372 e. The number of Topliss-reactive ketones (excluding diaryl/α,β-unsaturated/α-hetero) is 1. The van der Waals surface area contributed by atoms with E-state index in [2.05, 4.69) is 4.74 Å². The summed E-state index contributed by atoms with van der Waals surface area (Å²) in [5, 5.41) is 8.39. The summed E-state index contributed by atoms with van der Waals surface area (Å²) in [5.41, 5.74) is 0.190. The molecule has 1 heterocycles. The Balaban J connectivity index is 2.89. The lowest BCUT2D eigenvalue weighted by molar-refractivity contribution is -0.148. The van der Waals surface area contributed by atoms with Gasteiger partial charge in [-0.05, 0) is 13.0 Å². The Morgan fingerprint density at radius 1 is 1.44 bits per heavy atom. The van der Waals surface area contributed by atoms with Crippen molar-refractivity contribution in [3.05, 3.63) is 23.2 Å². The lowest BCUT2D eigenvalue weighted by Crippen LogP contribution is -2.14. The minimum atomic E-state index is -1.53. The van der Waals surface area contributed by atoms with Crippen LogP contribution in [0.5, 0.6) is 0 Å². The highest BCUT2D eigenvalue weighted by atomic mass is 16.5. The van der Waals surface area contributed by atoms with Crippen LogP contribution in [-0.4, -0.2) is 29.9 Å². The number of rotatable bonds is 4. The van der Waals surface area contributed by atoms with Gasteiger partial charge in [0.25, 0.3) is 0 Å². The van der Waals surface area contributed by atoms with Crippen molar-refractivity contribution in [2.75, 3.05) is 7.11 Å². The Morgan fingerprint density at radius 2 is 2.06 bits per heavy atom. The summed E-state index contributed by atoms with van der Waals surface area (Å²) >= 11 is 0. The van der Waals surface area contributed by atoms with Crippen LogP contribution < -0.4 is 0 Å². The summed E-state index contributed by atoms with van der Waals surface area (Å²) in [4.78, 5) is 32.4. The van der Waals surface area contributed by atoms with E-state index in [1.165, 1.54) is 20.1 Å². The van der Waals surface area contributed by atoms with Crippen LogP contribution in [0.4, 0.5) is 0 Å². The predicted octanol–water partition coefficient (Wildman–Crippen LogP) is 0.571. The Labute approximate surface area is 90.8 Å². The van der Waals surface area contributed by atoms with Gasteiger partial charge in [0, 0.05) is 0 Å². The largest absolute Gasteiger partial charge is 0.475 e. The van der Waals surface area contributed by atoms with Crippen LogP contribution in [0, 0.1) is 6.92 Å². The fourth-order valence-electron chi connectivity index (χ4n) is 1.18. The fourth-order valence-corrected chi connectivity index (χ4v) is 1.18. The van der Waals surface area contributed by atoms with E-state index in [1.807, 2.05) is 0 Å². The molecular weight excluding hydrogens is 216 g/mol. The molecule has 1 N–H and O–H groups in total. The quantitative estimate of drug-likeness (QED) is 0.595. The van der Waals surface area contributed by atoms with Gasteiger partial charge in [-0.15, -0.1) is 0 Å². The lowest BCUT2D eigenvalue weighted by atomic mass is 10.2. The van der Waals surface area contributed by atoms with Crippen molar-refractivity contribution in [3.8, 4) is 0 Å². The number of methoxy groups -OCH3 is 1. The molecule has 0 bridgehead atoms. The average Bonchev–Trinajstić information content (AvgIpc) is 2.58. The normalized spacial score (nSPS) is 9.88. The maximum absolute atomic E-state index is 11.2. The summed E-state index contributed by atoms with van der Waals surface area (Å²) in [6.07, 6.45) is -0.382.